The van der Waals surface area contributed by atoms with Crippen LogP contribution in [0.2, 0.25) is 0 Å². The second kappa shape index (κ2) is 8.81. The van der Waals surface area contributed by atoms with Gasteiger partial charge in [-0.1, -0.05) is 6.07 Å². The number of benzene rings is 1. The van der Waals surface area contributed by atoms with Gasteiger partial charge < -0.3 is 14.8 Å². The van der Waals surface area contributed by atoms with Crippen molar-refractivity contribution in [1.29, 1.82) is 5.26 Å². The number of hydrogen-bond acceptors (Lipinski definition) is 5. The second-order valence-electron chi connectivity index (χ2n) is 3.53. The monoisotopic (exact) mass is 266 g/mol. The standard InChI is InChI=1S/C13H18N2O2S/c1-16-8-9-17-7-6-15-12-4-3-5-13(18-2)11(12)10-14/h3-5,15H,6-9H2,1-2H3. The largest absolute Gasteiger partial charge is 0.382 e. The van der Waals surface area contributed by atoms with E-state index < -0.39 is 0 Å². The van der Waals surface area contributed by atoms with Crippen LogP contribution in [0.25, 0.3) is 0 Å². The molecule has 0 radical (unpaired) electrons. The van der Waals surface area contributed by atoms with Gasteiger partial charge in [0.05, 0.1) is 31.1 Å². The first-order valence-electron chi connectivity index (χ1n) is 5.71. The number of anilines is 1. The number of ether oxygens (including phenoxy) is 2. The Bertz CT molecular complexity index is 404. The highest BCUT2D eigenvalue weighted by molar-refractivity contribution is 7.98. The van der Waals surface area contributed by atoms with Gasteiger partial charge in [0.25, 0.3) is 0 Å². The second-order valence-corrected chi connectivity index (χ2v) is 4.37. The minimum Gasteiger partial charge on any atom is -0.382 e. The first-order valence-corrected chi connectivity index (χ1v) is 6.93. The molecule has 0 spiro atoms. The Morgan fingerprint density at radius 1 is 1.33 bits per heavy atom. The summed E-state index contributed by atoms with van der Waals surface area (Å²) in [6, 6.07) is 8.04. The van der Waals surface area contributed by atoms with Gasteiger partial charge in [-0.25, -0.2) is 0 Å². The topological polar surface area (TPSA) is 54.3 Å². The SMILES string of the molecule is COCCOCCNc1cccc(SC)c1C#N. The fraction of sp³-hybridized carbons (Fsp3) is 0.462. The molecule has 0 aliphatic carbocycles. The van der Waals surface area contributed by atoms with Gasteiger partial charge in [0.2, 0.25) is 0 Å². The molecule has 0 saturated heterocycles. The van der Waals surface area contributed by atoms with E-state index in [4.69, 9.17) is 14.7 Å². The molecular weight excluding hydrogens is 248 g/mol. The lowest BCUT2D eigenvalue weighted by molar-refractivity contribution is 0.0759. The number of nitriles is 1. The highest BCUT2D eigenvalue weighted by Gasteiger charge is 2.06. The predicted molar refractivity (Wildman–Crippen MR) is 74.1 cm³/mol. The smallest absolute Gasteiger partial charge is 0.102 e. The maximum Gasteiger partial charge on any atom is 0.102 e. The zero-order chi connectivity index (χ0) is 13.2. The van der Waals surface area contributed by atoms with Crippen molar-refractivity contribution in [2.45, 2.75) is 4.90 Å². The molecular formula is C13H18N2O2S. The molecule has 0 aliphatic heterocycles. The van der Waals surface area contributed by atoms with E-state index in [-0.39, 0.29) is 0 Å². The van der Waals surface area contributed by atoms with Crippen LogP contribution in [0, 0.1) is 11.3 Å². The summed E-state index contributed by atoms with van der Waals surface area (Å²) in [5.41, 5.74) is 1.56. The van der Waals surface area contributed by atoms with Crippen molar-refractivity contribution >= 4 is 17.4 Å². The summed E-state index contributed by atoms with van der Waals surface area (Å²) in [7, 11) is 1.65. The lowest BCUT2D eigenvalue weighted by atomic mass is 10.2. The van der Waals surface area contributed by atoms with Gasteiger partial charge in [-0.3, -0.25) is 0 Å². The number of nitrogens with one attached hydrogen (secondary N) is 1. The van der Waals surface area contributed by atoms with Crippen LogP contribution in [0.3, 0.4) is 0 Å². The number of thioether (sulfide) groups is 1. The van der Waals surface area contributed by atoms with E-state index >= 15 is 0 Å². The first-order chi connectivity index (χ1) is 8.83. The van der Waals surface area contributed by atoms with Crippen LogP contribution in [-0.4, -0.2) is 39.7 Å². The summed E-state index contributed by atoms with van der Waals surface area (Å²) < 4.78 is 10.2. The minimum absolute atomic E-state index is 0.591. The molecule has 5 heteroatoms. The van der Waals surface area contributed by atoms with Gasteiger partial charge in [-0.05, 0) is 18.4 Å². The molecule has 1 rings (SSSR count). The molecule has 0 bridgehead atoms. The van der Waals surface area contributed by atoms with Gasteiger partial charge in [0, 0.05) is 18.6 Å². The van der Waals surface area contributed by atoms with E-state index in [0.717, 1.165) is 10.6 Å². The third-order valence-corrected chi connectivity index (χ3v) is 3.13. The molecule has 4 nitrogen and oxygen atoms in total. The van der Waals surface area contributed by atoms with Gasteiger partial charge in [0.15, 0.2) is 0 Å². The number of hydrogen-bond donors (Lipinski definition) is 1. The predicted octanol–water partition coefficient (Wildman–Crippen LogP) is 2.36. The van der Waals surface area contributed by atoms with E-state index in [2.05, 4.69) is 11.4 Å². The normalized spacial score (nSPS) is 10.1. The Kier molecular flexibility index (Phi) is 7.26. The Balaban J connectivity index is 2.45. The summed E-state index contributed by atoms with van der Waals surface area (Å²) in [5.74, 6) is 0. The quantitative estimate of drug-likeness (QED) is 0.578. The summed E-state index contributed by atoms with van der Waals surface area (Å²) in [6.07, 6.45) is 1.97. The van der Waals surface area contributed by atoms with Crippen molar-refractivity contribution in [2.75, 3.05) is 45.0 Å². The summed E-state index contributed by atoms with van der Waals surface area (Å²) in [5, 5.41) is 12.4. The zero-order valence-electron chi connectivity index (χ0n) is 10.7. The van der Waals surface area contributed by atoms with Gasteiger partial charge in [-0.2, -0.15) is 5.26 Å². The molecule has 0 atom stereocenters. The third-order valence-electron chi connectivity index (χ3n) is 2.35. The van der Waals surface area contributed by atoms with Crippen LogP contribution in [0.15, 0.2) is 23.1 Å². The summed E-state index contributed by atoms with van der Waals surface area (Å²) in [6.45, 7) is 2.47. The lowest BCUT2D eigenvalue weighted by Gasteiger charge is -2.10. The van der Waals surface area contributed by atoms with E-state index in [1.165, 1.54) is 0 Å². The van der Waals surface area contributed by atoms with Crippen molar-refractivity contribution in [3.8, 4) is 6.07 Å². The van der Waals surface area contributed by atoms with Crippen LogP contribution >= 0.6 is 11.8 Å². The van der Waals surface area contributed by atoms with Crippen LogP contribution in [0.1, 0.15) is 5.56 Å². The van der Waals surface area contributed by atoms with Crippen molar-refractivity contribution in [1.82, 2.24) is 0 Å². The van der Waals surface area contributed by atoms with Crippen molar-refractivity contribution in [2.24, 2.45) is 0 Å². The van der Waals surface area contributed by atoms with E-state index in [1.807, 2.05) is 24.5 Å². The van der Waals surface area contributed by atoms with Crippen molar-refractivity contribution in [3.63, 3.8) is 0 Å². The maximum atomic E-state index is 9.15. The van der Waals surface area contributed by atoms with E-state index in [9.17, 15) is 0 Å². The summed E-state index contributed by atoms with van der Waals surface area (Å²) in [4.78, 5) is 0.989. The summed E-state index contributed by atoms with van der Waals surface area (Å²) >= 11 is 1.57. The van der Waals surface area contributed by atoms with Crippen LogP contribution in [0.5, 0.6) is 0 Å². The Hall–Kier alpha value is -1.22. The molecule has 0 heterocycles. The fourth-order valence-electron chi connectivity index (χ4n) is 1.47. The third kappa shape index (κ3) is 4.57. The van der Waals surface area contributed by atoms with Gasteiger partial charge in [-0.15, -0.1) is 11.8 Å². The molecule has 0 fully saturated rings. The van der Waals surface area contributed by atoms with E-state index in [0.29, 0.717) is 31.9 Å². The number of nitrogens with zero attached hydrogens (tertiary/aromatic N) is 1. The lowest BCUT2D eigenvalue weighted by Crippen LogP contribution is -2.12. The molecule has 18 heavy (non-hydrogen) atoms. The van der Waals surface area contributed by atoms with Crippen LogP contribution < -0.4 is 5.32 Å². The highest BCUT2D eigenvalue weighted by atomic mass is 32.2. The van der Waals surface area contributed by atoms with Crippen LogP contribution in [-0.2, 0) is 9.47 Å². The van der Waals surface area contributed by atoms with Crippen molar-refractivity contribution < 1.29 is 9.47 Å². The fourth-order valence-corrected chi connectivity index (χ4v) is 2.04. The van der Waals surface area contributed by atoms with Crippen molar-refractivity contribution in [3.05, 3.63) is 23.8 Å². The molecule has 0 amide bonds. The average molecular weight is 266 g/mol. The Labute approximate surface area is 112 Å². The molecule has 1 aromatic rings. The van der Waals surface area contributed by atoms with Crippen LogP contribution in [0.4, 0.5) is 5.69 Å². The Morgan fingerprint density at radius 3 is 2.83 bits per heavy atom. The maximum absolute atomic E-state index is 9.15. The van der Waals surface area contributed by atoms with E-state index in [1.54, 1.807) is 18.9 Å². The zero-order valence-corrected chi connectivity index (χ0v) is 11.5. The molecule has 0 saturated carbocycles. The molecule has 1 aromatic carbocycles. The Morgan fingerprint density at radius 2 is 2.17 bits per heavy atom. The molecule has 0 aromatic heterocycles. The molecule has 98 valence electrons. The first kappa shape index (κ1) is 14.8. The van der Waals surface area contributed by atoms with Gasteiger partial charge in [0.1, 0.15) is 6.07 Å². The number of methoxy groups -OCH3 is 1. The highest BCUT2D eigenvalue weighted by Crippen LogP contribution is 2.25. The average Bonchev–Trinajstić information content (AvgIpc) is 2.42. The molecule has 0 aliphatic rings. The molecule has 1 N–H and O–H groups in total. The van der Waals surface area contributed by atoms with Gasteiger partial charge >= 0.3 is 0 Å². The molecule has 0 unspecified atom stereocenters. The number of rotatable bonds is 8. The minimum atomic E-state index is 0.591.